The van der Waals surface area contributed by atoms with E-state index in [1.54, 1.807) is 18.4 Å². The normalized spacial score (nSPS) is 14.2. The van der Waals surface area contributed by atoms with Gasteiger partial charge in [0.15, 0.2) is 5.76 Å². The van der Waals surface area contributed by atoms with Crippen LogP contribution in [0.2, 0.25) is 0 Å². The summed E-state index contributed by atoms with van der Waals surface area (Å²) >= 11 is 0. The average molecular weight is 434 g/mol. The molecule has 10 heteroatoms. The second-order valence-electron chi connectivity index (χ2n) is 7.88. The molecule has 0 unspecified atom stereocenters. The lowest BCUT2D eigenvalue weighted by atomic mass is 10.1. The number of fused-ring (bicyclic) bond motifs is 1. The van der Waals surface area contributed by atoms with E-state index in [2.05, 4.69) is 59.8 Å². The van der Waals surface area contributed by atoms with Crippen molar-refractivity contribution in [2.45, 2.75) is 19.3 Å². The van der Waals surface area contributed by atoms with E-state index in [9.17, 15) is 0 Å². The molecule has 0 amide bonds. The third kappa shape index (κ3) is 4.65. The van der Waals surface area contributed by atoms with Gasteiger partial charge in [0.05, 0.1) is 6.26 Å². The van der Waals surface area contributed by atoms with Crippen LogP contribution in [0, 0.1) is 0 Å². The number of hydrogen-bond acceptors (Lipinski definition) is 9. The summed E-state index contributed by atoms with van der Waals surface area (Å²) in [6.45, 7) is 5.23. The van der Waals surface area contributed by atoms with Gasteiger partial charge in [-0.15, -0.1) is 5.10 Å². The maximum atomic E-state index is 6.03. The predicted molar refractivity (Wildman–Crippen MR) is 123 cm³/mol. The van der Waals surface area contributed by atoms with Crippen molar-refractivity contribution in [1.29, 1.82) is 0 Å². The van der Waals surface area contributed by atoms with Crippen LogP contribution in [-0.2, 0) is 6.42 Å². The van der Waals surface area contributed by atoms with Gasteiger partial charge < -0.3 is 25.7 Å². The Balaban J connectivity index is 1.13. The quantitative estimate of drug-likeness (QED) is 0.365. The zero-order valence-electron chi connectivity index (χ0n) is 17.9. The lowest BCUT2D eigenvalue weighted by Gasteiger charge is -2.15. The molecule has 0 bridgehead atoms. The fraction of sp³-hybridized carbons (Fsp3) is 0.364. The van der Waals surface area contributed by atoms with Gasteiger partial charge in [0, 0.05) is 25.3 Å². The van der Waals surface area contributed by atoms with Crippen LogP contribution in [0.4, 0.5) is 17.6 Å². The molecule has 4 aromatic rings. The molecule has 4 N–H and O–H groups in total. The number of nitrogens with one attached hydrogen (secondary N) is 2. The second kappa shape index (κ2) is 9.23. The number of likely N-dealkylation sites (tertiary alicyclic amines) is 1. The van der Waals surface area contributed by atoms with Gasteiger partial charge in [0.2, 0.25) is 17.7 Å². The van der Waals surface area contributed by atoms with Crippen molar-refractivity contribution < 1.29 is 4.42 Å². The van der Waals surface area contributed by atoms with Gasteiger partial charge in [0.1, 0.15) is 0 Å². The Kier molecular flexibility index (Phi) is 5.84. The Morgan fingerprint density at radius 1 is 0.969 bits per heavy atom. The first-order valence-corrected chi connectivity index (χ1v) is 11.0. The summed E-state index contributed by atoms with van der Waals surface area (Å²) in [6.07, 6.45) is 5.07. The summed E-state index contributed by atoms with van der Waals surface area (Å²) in [6, 6.07) is 12.1. The molecule has 5 rings (SSSR count). The number of nitrogens with two attached hydrogens (primary N) is 1. The maximum Gasteiger partial charge on any atom is 0.259 e. The summed E-state index contributed by atoms with van der Waals surface area (Å²) in [5, 5.41) is 11.0. The second-order valence-corrected chi connectivity index (χ2v) is 7.88. The molecule has 0 radical (unpaired) electrons. The Morgan fingerprint density at radius 3 is 2.59 bits per heavy atom. The Labute approximate surface area is 185 Å². The Bertz CT molecular complexity index is 1150. The first kappa shape index (κ1) is 20.3. The standard InChI is InChI=1S/C22H27N9O/c23-20-27-21(28-22-26-19(29-31(20)22)18-4-3-15-32-18)25-10-9-16-5-7-17(8-6-16)24-11-14-30-12-1-2-13-30/h3-8,15,24H,1-2,9-14H2,(H3,23,25,26,27,28,29). The van der Waals surface area contributed by atoms with Crippen LogP contribution >= 0.6 is 0 Å². The Hall–Kier alpha value is -3.66. The monoisotopic (exact) mass is 433 g/mol. The highest BCUT2D eigenvalue weighted by molar-refractivity contribution is 5.52. The van der Waals surface area contributed by atoms with Crippen molar-refractivity contribution in [2.24, 2.45) is 0 Å². The van der Waals surface area contributed by atoms with Crippen LogP contribution < -0.4 is 16.4 Å². The van der Waals surface area contributed by atoms with Gasteiger partial charge in [0.25, 0.3) is 5.78 Å². The van der Waals surface area contributed by atoms with E-state index in [1.807, 2.05) is 0 Å². The summed E-state index contributed by atoms with van der Waals surface area (Å²) in [5.41, 5.74) is 8.42. The van der Waals surface area contributed by atoms with E-state index in [0.717, 1.165) is 25.2 Å². The van der Waals surface area contributed by atoms with Gasteiger partial charge in [-0.25, -0.2) is 0 Å². The summed E-state index contributed by atoms with van der Waals surface area (Å²) in [4.78, 5) is 15.6. The lowest BCUT2D eigenvalue weighted by molar-refractivity contribution is 0.352. The molecule has 0 spiro atoms. The largest absolute Gasteiger partial charge is 0.461 e. The van der Waals surface area contributed by atoms with E-state index in [1.165, 1.54) is 36.0 Å². The molecule has 1 saturated heterocycles. The third-order valence-corrected chi connectivity index (χ3v) is 5.58. The summed E-state index contributed by atoms with van der Waals surface area (Å²) in [7, 11) is 0. The lowest BCUT2D eigenvalue weighted by Crippen LogP contribution is -2.25. The van der Waals surface area contributed by atoms with E-state index in [-0.39, 0.29) is 5.95 Å². The van der Waals surface area contributed by atoms with Crippen LogP contribution in [0.1, 0.15) is 18.4 Å². The molecule has 3 aromatic heterocycles. The number of nitrogens with zero attached hydrogens (tertiary/aromatic N) is 6. The molecule has 4 heterocycles. The van der Waals surface area contributed by atoms with Crippen molar-refractivity contribution in [3.63, 3.8) is 0 Å². The highest BCUT2D eigenvalue weighted by Crippen LogP contribution is 2.18. The SMILES string of the molecule is Nc1nc(NCCc2ccc(NCCN3CCCC3)cc2)nc2nc(-c3ccco3)nn12. The maximum absolute atomic E-state index is 6.03. The van der Waals surface area contributed by atoms with Gasteiger partial charge in [-0.1, -0.05) is 12.1 Å². The number of rotatable bonds is 9. The number of aromatic nitrogens is 5. The van der Waals surface area contributed by atoms with Crippen molar-refractivity contribution in [1.82, 2.24) is 29.5 Å². The highest BCUT2D eigenvalue weighted by Gasteiger charge is 2.14. The van der Waals surface area contributed by atoms with Crippen LogP contribution in [0.15, 0.2) is 47.1 Å². The van der Waals surface area contributed by atoms with E-state index in [0.29, 0.717) is 29.9 Å². The molecule has 166 valence electrons. The zero-order chi connectivity index (χ0) is 21.8. The molecular weight excluding hydrogens is 406 g/mol. The molecular formula is C22H27N9O. The van der Waals surface area contributed by atoms with Crippen LogP contribution in [0.3, 0.4) is 0 Å². The van der Waals surface area contributed by atoms with Gasteiger partial charge >= 0.3 is 0 Å². The highest BCUT2D eigenvalue weighted by atomic mass is 16.3. The molecule has 1 aliphatic heterocycles. The van der Waals surface area contributed by atoms with Crippen LogP contribution in [0.5, 0.6) is 0 Å². The van der Waals surface area contributed by atoms with E-state index >= 15 is 0 Å². The number of anilines is 3. The van der Waals surface area contributed by atoms with Crippen molar-refractivity contribution in [3.05, 3.63) is 48.2 Å². The minimum atomic E-state index is 0.215. The summed E-state index contributed by atoms with van der Waals surface area (Å²) < 4.78 is 6.74. The first-order chi connectivity index (χ1) is 15.7. The smallest absolute Gasteiger partial charge is 0.259 e. The molecule has 10 nitrogen and oxygen atoms in total. The average Bonchev–Trinajstić information content (AvgIpc) is 3.56. The first-order valence-electron chi connectivity index (χ1n) is 11.0. The Morgan fingerprint density at radius 2 is 1.81 bits per heavy atom. The number of furan rings is 1. The molecule has 0 atom stereocenters. The minimum Gasteiger partial charge on any atom is -0.461 e. The third-order valence-electron chi connectivity index (χ3n) is 5.58. The molecule has 0 aliphatic carbocycles. The van der Waals surface area contributed by atoms with Crippen molar-refractivity contribution in [3.8, 4) is 11.6 Å². The predicted octanol–water partition coefficient (Wildman–Crippen LogP) is 2.52. The minimum absolute atomic E-state index is 0.215. The van der Waals surface area contributed by atoms with Gasteiger partial charge in [-0.2, -0.15) is 19.5 Å². The number of benzene rings is 1. The zero-order valence-corrected chi connectivity index (χ0v) is 17.9. The van der Waals surface area contributed by atoms with Crippen LogP contribution in [0.25, 0.3) is 17.4 Å². The fourth-order valence-electron chi connectivity index (χ4n) is 3.87. The molecule has 32 heavy (non-hydrogen) atoms. The topological polar surface area (TPSA) is 122 Å². The van der Waals surface area contributed by atoms with Gasteiger partial charge in [-0.05, 0) is 62.2 Å². The number of hydrogen-bond donors (Lipinski definition) is 3. The molecule has 1 aromatic carbocycles. The fourth-order valence-corrected chi connectivity index (χ4v) is 3.87. The van der Waals surface area contributed by atoms with Crippen molar-refractivity contribution >= 4 is 23.4 Å². The number of nitrogen functional groups attached to an aromatic ring is 1. The molecule has 1 fully saturated rings. The summed E-state index contributed by atoms with van der Waals surface area (Å²) in [5.74, 6) is 1.98. The van der Waals surface area contributed by atoms with Crippen molar-refractivity contribution in [2.75, 3.05) is 49.1 Å². The molecule has 1 aliphatic rings. The van der Waals surface area contributed by atoms with Crippen LogP contribution in [-0.4, -0.2) is 62.2 Å². The van der Waals surface area contributed by atoms with E-state index < -0.39 is 0 Å². The molecule has 0 saturated carbocycles. The van der Waals surface area contributed by atoms with Gasteiger partial charge in [-0.3, -0.25) is 0 Å². The van der Waals surface area contributed by atoms with E-state index in [4.69, 9.17) is 10.2 Å².